The molecule has 0 unspecified atom stereocenters. The summed E-state index contributed by atoms with van der Waals surface area (Å²) < 4.78 is 13.5. The van der Waals surface area contributed by atoms with E-state index in [0.29, 0.717) is 5.56 Å². The summed E-state index contributed by atoms with van der Waals surface area (Å²) in [7, 11) is 1.45. The van der Waals surface area contributed by atoms with Gasteiger partial charge in [0, 0.05) is 18.7 Å². The van der Waals surface area contributed by atoms with Crippen molar-refractivity contribution in [1.29, 1.82) is 0 Å². The molecule has 0 spiro atoms. The number of nitro benzene ring substituents is 1. The number of carbonyl (C=O) groups excluding carboxylic acids is 1. The molecule has 2 aromatic carbocycles. The quantitative estimate of drug-likeness (QED) is 0.465. The van der Waals surface area contributed by atoms with E-state index in [0.717, 1.165) is 12.1 Å². The van der Waals surface area contributed by atoms with Gasteiger partial charge in [0.05, 0.1) is 27.1 Å². The highest BCUT2D eigenvalue weighted by Crippen LogP contribution is 2.26. The normalized spacial score (nSPS) is 10.4. The Morgan fingerprint density at radius 2 is 1.91 bits per heavy atom. The van der Waals surface area contributed by atoms with Crippen LogP contribution < -0.4 is 0 Å². The molecule has 2 rings (SSSR count). The second kappa shape index (κ2) is 6.93. The van der Waals surface area contributed by atoms with Crippen LogP contribution in [0.2, 0.25) is 10.0 Å². The van der Waals surface area contributed by atoms with Gasteiger partial charge in [0.15, 0.2) is 0 Å². The zero-order valence-corrected chi connectivity index (χ0v) is 13.4. The molecule has 0 N–H and O–H groups in total. The molecular weight excluding hydrogens is 346 g/mol. The lowest BCUT2D eigenvalue weighted by molar-refractivity contribution is -0.385. The third kappa shape index (κ3) is 3.78. The second-order valence-electron chi connectivity index (χ2n) is 4.79. The Morgan fingerprint density at radius 1 is 1.26 bits per heavy atom. The molecule has 0 heterocycles. The zero-order valence-electron chi connectivity index (χ0n) is 11.9. The van der Waals surface area contributed by atoms with Gasteiger partial charge in [0.1, 0.15) is 5.82 Å². The van der Waals surface area contributed by atoms with Gasteiger partial charge < -0.3 is 4.90 Å². The largest absolute Gasteiger partial charge is 0.337 e. The van der Waals surface area contributed by atoms with Crippen LogP contribution in [0.4, 0.5) is 10.1 Å². The van der Waals surface area contributed by atoms with E-state index in [1.165, 1.54) is 24.1 Å². The number of amides is 1. The van der Waals surface area contributed by atoms with Crippen LogP contribution in [-0.2, 0) is 6.54 Å². The Morgan fingerprint density at radius 3 is 2.57 bits per heavy atom. The topological polar surface area (TPSA) is 63.4 Å². The predicted molar refractivity (Wildman–Crippen MR) is 85.3 cm³/mol. The summed E-state index contributed by atoms with van der Waals surface area (Å²) in [6.07, 6.45) is 0. The van der Waals surface area contributed by atoms with Crippen LogP contribution >= 0.6 is 23.2 Å². The number of hydrogen-bond acceptors (Lipinski definition) is 3. The van der Waals surface area contributed by atoms with E-state index in [-0.39, 0.29) is 27.8 Å². The fourth-order valence-corrected chi connectivity index (χ4v) is 2.51. The van der Waals surface area contributed by atoms with Crippen molar-refractivity contribution in [2.45, 2.75) is 6.54 Å². The van der Waals surface area contributed by atoms with E-state index in [9.17, 15) is 19.3 Å². The van der Waals surface area contributed by atoms with Gasteiger partial charge >= 0.3 is 0 Å². The lowest BCUT2D eigenvalue weighted by atomic mass is 10.1. The van der Waals surface area contributed by atoms with E-state index >= 15 is 0 Å². The van der Waals surface area contributed by atoms with Crippen LogP contribution in [0.1, 0.15) is 15.9 Å². The third-order valence-electron chi connectivity index (χ3n) is 3.18. The number of benzene rings is 2. The summed E-state index contributed by atoms with van der Waals surface area (Å²) >= 11 is 11.5. The minimum Gasteiger partial charge on any atom is -0.337 e. The van der Waals surface area contributed by atoms with Gasteiger partial charge in [0.25, 0.3) is 11.6 Å². The number of halogens is 3. The van der Waals surface area contributed by atoms with E-state index in [2.05, 4.69) is 0 Å². The number of para-hydroxylation sites is 1. The number of hydrogen-bond donors (Lipinski definition) is 0. The molecule has 1 amide bonds. The average molecular weight is 357 g/mol. The van der Waals surface area contributed by atoms with Crippen molar-refractivity contribution in [2.75, 3.05) is 7.05 Å². The van der Waals surface area contributed by atoms with Crippen molar-refractivity contribution in [3.8, 4) is 0 Å². The Hall–Kier alpha value is -2.18. The first-order chi connectivity index (χ1) is 10.8. The number of carbonyl (C=O) groups is 1. The Kier molecular flexibility index (Phi) is 5.18. The summed E-state index contributed by atoms with van der Waals surface area (Å²) in [5, 5.41) is 10.8. The molecule has 8 heteroatoms. The lowest BCUT2D eigenvalue weighted by Gasteiger charge is -2.18. The van der Waals surface area contributed by atoms with Gasteiger partial charge in [-0.05, 0) is 12.1 Å². The van der Waals surface area contributed by atoms with E-state index in [4.69, 9.17) is 23.2 Å². The summed E-state index contributed by atoms with van der Waals surface area (Å²) in [6.45, 7) is -0.0173. The van der Waals surface area contributed by atoms with Crippen LogP contribution in [0.5, 0.6) is 0 Å². The SMILES string of the molecule is CN(Cc1ccccc1[N+](=O)[O-])C(=O)c1cc(F)c(Cl)cc1Cl. The predicted octanol–water partition coefficient (Wildman–Crippen LogP) is 4.31. The first-order valence-electron chi connectivity index (χ1n) is 6.43. The highest BCUT2D eigenvalue weighted by molar-refractivity contribution is 6.36. The van der Waals surface area contributed by atoms with Crippen LogP contribution in [0.3, 0.4) is 0 Å². The van der Waals surface area contributed by atoms with Gasteiger partial charge in [-0.25, -0.2) is 4.39 Å². The first-order valence-corrected chi connectivity index (χ1v) is 7.19. The van der Waals surface area contributed by atoms with Crippen LogP contribution in [0.25, 0.3) is 0 Å². The molecule has 23 heavy (non-hydrogen) atoms. The molecule has 120 valence electrons. The van der Waals surface area contributed by atoms with Gasteiger partial charge in [-0.2, -0.15) is 0 Å². The average Bonchev–Trinajstić information content (AvgIpc) is 2.50. The van der Waals surface area contributed by atoms with Crippen molar-refractivity contribution in [3.05, 3.63) is 73.5 Å². The summed E-state index contributed by atoms with van der Waals surface area (Å²) in [5.74, 6) is -1.33. The number of nitrogens with zero attached hydrogens (tertiary/aromatic N) is 2. The van der Waals surface area contributed by atoms with Crippen molar-refractivity contribution in [2.24, 2.45) is 0 Å². The second-order valence-corrected chi connectivity index (χ2v) is 5.61. The maximum atomic E-state index is 13.5. The molecule has 0 saturated carbocycles. The Labute approximate surface area is 141 Å². The van der Waals surface area contributed by atoms with Crippen molar-refractivity contribution in [1.82, 2.24) is 4.90 Å². The standard InChI is InChI=1S/C15H11Cl2FN2O3/c1-19(8-9-4-2-3-5-14(9)20(22)23)15(21)10-6-13(18)12(17)7-11(10)16/h2-7H,8H2,1H3. The molecule has 0 fully saturated rings. The van der Waals surface area contributed by atoms with E-state index < -0.39 is 16.6 Å². The summed E-state index contributed by atoms with van der Waals surface area (Å²) in [6, 6.07) is 8.16. The smallest absolute Gasteiger partial charge is 0.274 e. The Bertz CT molecular complexity index is 783. The fourth-order valence-electron chi connectivity index (χ4n) is 2.04. The lowest BCUT2D eigenvalue weighted by Crippen LogP contribution is -2.27. The fraction of sp³-hybridized carbons (Fsp3) is 0.133. The molecule has 0 bridgehead atoms. The maximum absolute atomic E-state index is 13.5. The van der Waals surface area contributed by atoms with Gasteiger partial charge in [-0.15, -0.1) is 0 Å². The molecule has 0 aliphatic heterocycles. The molecular formula is C15H11Cl2FN2O3. The molecule has 0 aliphatic rings. The van der Waals surface area contributed by atoms with Gasteiger partial charge in [0.2, 0.25) is 0 Å². The highest BCUT2D eigenvalue weighted by Gasteiger charge is 2.21. The van der Waals surface area contributed by atoms with Gasteiger partial charge in [-0.3, -0.25) is 14.9 Å². The van der Waals surface area contributed by atoms with E-state index in [1.54, 1.807) is 12.1 Å². The zero-order chi connectivity index (χ0) is 17.1. The van der Waals surface area contributed by atoms with Crippen LogP contribution in [-0.4, -0.2) is 22.8 Å². The minimum absolute atomic E-state index is 0.0100. The van der Waals surface area contributed by atoms with Crippen molar-refractivity contribution >= 4 is 34.8 Å². The van der Waals surface area contributed by atoms with Crippen molar-refractivity contribution < 1.29 is 14.1 Å². The molecule has 0 aliphatic carbocycles. The molecule has 0 saturated heterocycles. The highest BCUT2D eigenvalue weighted by atomic mass is 35.5. The molecule has 0 atom stereocenters. The van der Waals surface area contributed by atoms with Crippen LogP contribution in [0.15, 0.2) is 36.4 Å². The summed E-state index contributed by atoms with van der Waals surface area (Å²) in [4.78, 5) is 24.1. The number of nitro groups is 1. The van der Waals surface area contributed by atoms with Crippen LogP contribution in [0, 0.1) is 15.9 Å². The van der Waals surface area contributed by atoms with Gasteiger partial charge in [-0.1, -0.05) is 41.4 Å². The summed E-state index contributed by atoms with van der Waals surface area (Å²) in [5.41, 5.74) is 0.203. The van der Waals surface area contributed by atoms with Crippen molar-refractivity contribution in [3.63, 3.8) is 0 Å². The first kappa shape index (κ1) is 17.2. The maximum Gasteiger partial charge on any atom is 0.274 e. The molecule has 0 radical (unpaired) electrons. The third-order valence-corrected chi connectivity index (χ3v) is 3.79. The monoisotopic (exact) mass is 356 g/mol. The molecule has 0 aromatic heterocycles. The number of rotatable bonds is 4. The minimum atomic E-state index is -0.765. The van der Waals surface area contributed by atoms with E-state index in [1.807, 2.05) is 0 Å². The molecule has 2 aromatic rings. The Balaban J connectivity index is 2.28. The molecule has 5 nitrogen and oxygen atoms in total.